The fourth-order valence-corrected chi connectivity index (χ4v) is 10.3. The SMILES string of the molecule is CCCCCCCCCCCCCCCCCCCCCCCCCCC(O)C(CO)NC(=O)CCCCC/C=C\CCCCCCCCOC(=O)CCCCCCCCCCCCCCCCCCC. The predicted molar refractivity (Wildman–Crippen MR) is 310 cm³/mol. The molecule has 1 amide bonds. The number of hydrogen-bond acceptors (Lipinski definition) is 5. The summed E-state index contributed by atoms with van der Waals surface area (Å²) >= 11 is 0. The van der Waals surface area contributed by atoms with Crippen LogP contribution in [0.25, 0.3) is 0 Å². The quantitative estimate of drug-likeness (QED) is 0.0320. The summed E-state index contributed by atoms with van der Waals surface area (Å²) in [5.41, 5.74) is 0. The van der Waals surface area contributed by atoms with E-state index in [0.717, 1.165) is 70.6 Å². The van der Waals surface area contributed by atoms with Gasteiger partial charge in [-0.05, 0) is 51.4 Å². The number of aliphatic hydroxyl groups excluding tert-OH is 2. The molecule has 0 aromatic heterocycles. The van der Waals surface area contributed by atoms with E-state index in [1.165, 1.54) is 263 Å². The van der Waals surface area contributed by atoms with Crippen LogP contribution < -0.4 is 5.32 Å². The average molecular weight is 1000 g/mol. The number of allylic oxidation sites excluding steroid dienone is 2. The van der Waals surface area contributed by atoms with Gasteiger partial charge in [-0.25, -0.2) is 0 Å². The number of ether oxygens (including phenoxy) is 1. The van der Waals surface area contributed by atoms with Gasteiger partial charge in [0.1, 0.15) is 0 Å². The van der Waals surface area contributed by atoms with Crippen LogP contribution in [0.5, 0.6) is 0 Å². The highest BCUT2D eigenvalue weighted by Crippen LogP contribution is 2.18. The number of esters is 1. The lowest BCUT2D eigenvalue weighted by Crippen LogP contribution is -2.45. The van der Waals surface area contributed by atoms with E-state index >= 15 is 0 Å². The first-order valence-corrected chi connectivity index (χ1v) is 32.4. The van der Waals surface area contributed by atoms with Gasteiger partial charge < -0.3 is 20.3 Å². The Hall–Kier alpha value is -1.40. The van der Waals surface area contributed by atoms with Gasteiger partial charge in [-0.2, -0.15) is 0 Å². The first-order chi connectivity index (χ1) is 35.0. The molecular weight excluding hydrogens is 875 g/mol. The smallest absolute Gasteiger partial charge is 0.305 e. The largest absolute Gasteiger partial charge is 0.466 e. The molecule has 0 aliphatic heterocycles. The number of hydrogen-bond donors (Lipinski definition) is 3. The minimum Gasteiger partial charge on any atom is -0.466 e. The van der Waals surface area contributed by atoms with Crippen molar-refractivity contribution in [2.75, 3.05) is 13.2 Å². The van der Waals surface area contributed by atoms with Crippen molar-refractivity contribution in [1.82, 2.24) is 5.32 Å². The summed E-state index contributed by atoms with van der Waals surface area (Å²) in [7, 11) is 0. The second-order valence-corrected chi connectivity index (χ2v) is 22.5. The van der Waals surface area contributed by atoms with Gasteiger partial charge in [0.25, 0.3) is 0 Å². The van der Waals surface area contributed by atoms with Gasteiger partial charge in [-0.1, -0.05) is 315 Å². The van der Waals surface area contributed by atoms with Crippen LogP contribution >= 0.6 is 0 Å². The molecule has 0 aliphatic carbocycles. The summed E-state index contributed by atoms with van der Waals surface area (Å²) in [5.74, 6) is -0.0673. The molecular formula is C65H127NO5. The van der Waals surface area contributed by atoms with Crippen LogP contribution in [-0.2, 0) is 14.3 Å². The van der Waals surface area contributed by atoms with E-state index in [1.807, 2.05) is 0 Å². The van der Waals surface area contributed by atoms with Crippen molar-refractivity contribution in [3.63, 3.8) is 0 Å². The number of unbranched alkanes of at least 4 members (excludes halogenated alkanes) is 48. The molecule has 71 heavy (non-hydrogen) atoms. The monoisotopic (exact) mass is 1000 g/mol. The molecule has 0 rings (SSSR count). The molecule has 0 heterocycles. The molecule has 0 spiro atoms. The Bertz CT molecular complexity index is 1060. The number of nitrogens with one attached hydrogen (secondary N) is 1. The molecule has 2 atom stereocenters. The molecule has 0 aromatic carbocycles. The van der Waals surface area contributed by atoms with E-state index < -0.39 is 12.1 Å². The Kier molecular flexibility index (Phi) is 59.9. The van der Waals surface area contributed by atoms with Crippen molar-refractivity contribution in [3.05, 3.63) is 12.2 Å². The summed E-state index contributed by atoms with van der Waals surface area (Å²) < 4.78 is 5.48. The van der Waals surface area contributed by atoms with E-state index in [-0.39, 0.29) is 18.5 Å². The van der Waals surface area contributed by atoms with Gasteiger partial charge in [-0.15, -0.1) is 0 Å². The van der Waals surface area contributed by atoms with E-state index in [2.05, 4.69) is 31.3 Å². The Morgan fingerprint density at radius 1 is 0.380 bits per heavy atom. The van der Waals surface area contributed by atoms with Crippen LogP contribution in [0.2, 0.25) is 0 Å². The molecule has 0 aliphatic rings. The van der Waals surface area contributed by atoms with E-state index in [9.17, 15) is 19.8 Å². The zero-order valence-corrected chi connectivity index (χ0v) is 48.2. The molecule has 0 aromatic rings. The zero-order chi connectivity index (χ0) is 51.4. The lowest BCUT2D eigenvalue weighted by atomic mass is 10.0. The van der Waals surface area contributed by atoms with Gasteiger partial charge in [-0.3, -0.25) is 9.59 Å². The second-order valence-electron chi connectivity index (χ2n) is 22.5. The van der Waals surface area contributed by atoms with Crippen molar-refractivity contribution in [1.29, 1.82) is 0 Å². The number of aliphatic hydroxyl groups is 2. The summed E-state index contributed by atoms with van der Waals surface area (Å²) in [5, 5.41) is 23.4. The lowest BCUT2D eigenvalue weighted by Gasteiger charge is -2.22. The fraction of sp³-hybridized carbons (Fsp3) is 0.938. The van der Waals surface area contributed by atoms with Gasteiger partial charge in [0, 0.05) is 12.8 Å². The van der Waals surface area contributed by atoms with E-state index in [4.69, 9.17) is 4.74 Å². The Morgan fingerprint density at radius 3 is 1.01 bits per heavy atom. The first-order valence-electron chi connectivity index (χ1n) is 32.4. The topological polar surface area (TPSA) is 95.9 Å². The maximum Gasteiger partial charge on any atom is 0.305 e. The summed E-state index contributed by atoms with van der Waals surface area (Å²) in [6, 6.07) is -0.562. The van der Waals surface area contributed by atoms with Gasteiger partial charge in [0.15, 0.2) is 0 Å². The number of amides is 1. The molecule has 422 valence electrons. The molecule has 3 N–H and O–H groups in total. The fourth-order valence-electron chi connectivity index (χ4n) is 10.3. The van der Waals surface area contributed by atoms with Crippen LogP contribution in [0.3, 0.4) is 0 Å². The Balaban J connectivity index is 3.45. The normalized spacial score (nSPS) is 12.6. The summed E-state index contributed by atoms with van der Waals surface area (Å²) in [4.78, 5) is 24.6. The van der Waals surface area contributed by atoms with Gasteiger partial charge >= 0.3 is 5.97 Å². The minimum atomic E-state index is -0.682. The molecule has 0 radical (unpaired) electrons. The first kappa shape index (κ1) is 69.6. The van der Waals surface area contributed by atoms with Crippen molar-refractivity contribution in [2.24, 2.45) is 0 Å². The summed E-state index contributed by atoms with van der Waals surface area (Å²) in [6.45, 7) is 4.95. The highest BCUT2D eigenvalue weighted by molar-refractivity contribution is 5.76. The molecule has 6 nitrogen and oxygen atoms in total. The van der Waals surface area contributed by atoms with Crippen molar-refractivity contribution in [2.45, 2.75) is 379 Å². The molecule has 6 heteroatoms. The molecule has 0 fully saturated rings. The van der Waals surface area contributed by atoms with Crippen LogP contribution in [0, 0.1) is 0 Å². The van der Waals surface area contributed by atoms with Crippen molar-refractivity contribution >= 4 is 11.9 Å². The van der Waals surface area contributed by atoms with Gasteiger partial charge in [0.05, 0.1) is 25.4 Å². The predicted octanol–water partition coefficient (Wildman–Crippen LogP) is 20.4. The van der Waals surface area contributed by atoms with Gasteiger partial charge in [0.2, 0.25) is 5.91 Å². The zero-order valence-electron chi connectivity index (χ0n) is 48.2. The molecule has 0 saturated carbocycles. The van der Waals surface area contributed by atoms with Crippen LogP contribution in [-0.4, -0.2) is 47.4 Å². The molecule has 0 saturated heterocycles. The Labute approximate surface area is 444 Å². The maximum absolute atomic E-state index is 12.5. The third-order valence-electron chi connectivity index (χ3n) is 15.3. The number of rotatable bonds is 61. The minimum absolute atomic E-state index is 0.00720. The van der Waals surface area contributed by atoms with E-state index in [1.54, 1.807) is 0 Å². The third kappa shape index (κ3) is 57.7. The van der Waals surface area contributed by atoms with Crippen molar-refractivity contribution in [3.8, 4) is 0 Å². The van der Waals surface area contributed by atoms with Crippen LogP contribution in [0.1, 0.15) is 367 Å². The highest BCUT2D eigenvalue weighted by Gasteiger charge is 2.20. The van der Waals surface area contributed by atoms with Crippen LogP contribution in [0.4, 0.5) is 0 Å². The Morgan fingerprint density at radius 2 is 0.662 bits per heavy atom. The highest BCUT2D eigenvalue weighted by atomic mass is 16.5. The van der Waals surface area contributed by atoms with E-state index in [0.29, 0.717) is 25.9 Å². The summed E-state index contributed by atoms with van der Waals surface area (Å²) in [6.07, 6.45) is 73.7. The number of carbonyl (C=O) groups is 2. The molecule has 2 unspecified atom stereocenters. The maximum atomic E-state index is 12.5. The van der Waals surface area contributed by atoms with Crippen molar-refractivity contribution < 1.29 is 24.5 Å². The molecule has 0 bridgehead atoms. The standard InChI is InChI=1S/C65H127NO5/c1-3-5-7-9-11-13-15-17-19-21-22-23-24-25-26-27-29-30-33-37-41-45-49-53-57-63(68)62(61-67)66-64(69)58-54-50-46-42-38-34-32-36-40-44-48-52-56-60-71-65(70)59-55-51-47-43-39-35-31-28-20-18-16-14-12-10-8-6-4-2/h34,38,62-63,67-68H,3-33,35-37,39-61H2,1-2H3,(H,66,69)/b38-34-. The lowest BCUT2D eigenvalue weighted by molar-refractivity contribution is -0.143. The van der Waals surface area contributed by atoms with Crippen LogP contribution in [0.15, 0.2) is 12.2 Å². The average Bonchev–Trinajstić information content (AvgIpc) is 3.37. The second kappa shape index (κ2) is 61.1. The number of carbonyl (C=O) groups excluding carboxylic acids is 2. The third-order valence-corrected chi connectivity index (χ3v) is 15.3.